The first-order valence-electron chi connectivity index (χ1n) is 6.46. The van der Waals surface area contributed by atoms with E-state index in [1.165, 1.54) is 0 Å². The summed E-state index contributed by atoms with van der Waals surface area (Å²) in [5.41, 5.74) is 1.81. The highest BCUT2D eigenvalue weighted by atomic mass is 16.3. The van der Waals surface area contributed by atoms with Gasteiger partial charge in [-0.3, -0.25) is 4.90 Å². The average Bonchev–Trinajstić information content (AvgIpc) is 2.42. The third-order valence-electron chi connectivity index (χ3n) is 3.22. The van der Waals surface area contributed by atoms with Crippen LogP contribution in [0.3, 0.4) is 0 Å². The summed E-state index contributed by atoms with van der Waals surface area (Å²) in [5, 5.41) is 19.6. The molecule has 2 rings (SSSR count). The molecule has 0 aliphatic heterocycles. The largest absolute Gasteiger partial charge is 0.508 e. The Labute approximate surface area is 113 Å². The Kier molecular flexibility index (Phi) is 4.42. The highest BCUT2D eigenvalue weighted by Gasteiger charge is 2.09. The van der Waals surface area contributed by atoms with Crippen LogP contribution in [0, 0.1) is 0 Å². The van der Waals surface area contributed by atoms with Crippen molar-refractivity contribution >= 4 is 0 Å². The molecule has 0 unspecified atom stereocenters. The fraction of sp³-hybridized carbons (Fsp3) is 0.250. The van der Waals surface area contributed by atoms with Crippen LogP contribution >= 0.6 is 0 Å². The molecule has 0 saturated heterocycles. The van der Waals surface area contributed by atoms with E-state index in [9.17, 15) is 10.2 Å². The minimum atomic E-state index is 0.318. The first-order chi connectivity index (χ1) is 9.20. The number of rotatable bonds is 5. The van der Waals surface area contributed by atoms with Gasteiger partial charge in [-0.25, -0.2) is 0 Å². The van der Waals surface area contributed by atoms with Crippen LogP contribution in [0.5, 0.6) is 11.5 Å². The van der Waals surface area contributed by atoms with Crippen molar-refractivity contribution in [2.75, 3.05) is 6.54 Å². The molecule has 3 heteroatoms. The highest BCUT2D eigenvalue weighted by Crippen LogP contribution is 2.21. The van der Waals surface area contributed by atoms with Crippen LogP contribution in [-0.4, -0.2) is 21.7 Å². The van der Waals surface area contributed by atoms with Gasteiger partial charge in [-0.2, -0.15) is 0 Å². The molecule has 0 heterocycles. The third kappa shape index (κ3) is 3.48. The smallest absolute Gasteiger partial charge is 0.120 e. The lowest BCUT2D eigenvalue weighted by Gasteiger charge is -2.21. The summed E-state index contributed by atoms with van der Waals surface area (Å²) in [5.74, 6) is 0.636. The maximum absolute atomic E-state index is 9.80. The van der Waals surface area contributed by atoms with Crippen molar-refractivity contribution in [1.82, 2.24) is 4.90 Å². The van der Waals surface area contributed by atoms with Gasteiger partial charge in [-0.05, 0) is 18.7 Å². The number of para-hydroxylation sites is 2. The van der Waals surface area contributed by atoms with Gasteiger partial charge >= 0.3 is 0 Å². The molecule has 0 aliphatic carbocycles. The molecule has 0 atom stereocenters. The van der Waals surface area contributed by atoms with E-state index in [4.69, 9.17) is 0 Å². The first kappa shape index (κ1) is 13.4. The first-order valence-corrected chi connectivity index (χ1v) is 6.46. The van der Waals surface area contributed by atoms with E-state index in [1.807, 2.05) is 36.4 Å². The number of nitrogens with zero attached hydrogens (tertiary/aromatic N) is 1. The van der Waals surface area contributed by atoms with E-state index in [0.717, 1.165) is 17.7 Å². The zero-order valence-corrected chi connectivity index (χ0v) is 11.1. The normalized spacial score (nSPS) is 10.8. The van der Waals surface area contributed by atoms with E-state index >= 15 is 0 Å². The zero-order valence-electron chi connectivity index (χ0n) is 11.1. The monoisotopic (exact) mass is 257 g/mol. The molecule has 0 aliphatic rings. The fourth-order valence-corrected chi connectivity index (χ4v) is 2.05. The van der Waals surface area contributed by atoms with Gasteiger partial charge in [-0.15, -0.1) is 0 Å². The summed E-state index contributed by atoms with van der Waals surface area (Å²) in [6.45, 7) is 4.25. The van der Waals surface area contributed by atoms with E-state index in [2.05, 4.69) is 11.8 Å². The lowest BCUT2D eigenvalue weighted by Crippen LogP contribution is -2.22. The summed E-state index contributed by atoms with van der Waals surface area (Å²) >= 11 is 0. The fourth-order valence-electron chi connectivity index (χ4n) is 2.05. The molecule has 0 aromatic heterocycles. The quantitative estimate of drug-likeness (QED) is 0.865. The summed E-state index contributed by atoms with van der Waals surface area (Å²) in [4.78, 5) is 2.17. The lowest BCUT2D eigenvalue weighted by molar-refractivity contribution is 0.263. The van der Waals surface area contributed by atoms with Crippen LogP contribution in [0.1, 0.15) is 18.1 Å². The Bertz CT molecular complexity index is 492. The topological polar surface area (TPSA) is 43.7 Å². The van der Waals surface area contributed by atoms with Crippen molar-refractivity contribution in [3.63, 3.8) is 0 Å². The SMILES string of the molecule is CCN(Cc1ccccc1O)Cc1ccccc1O. The third-order valence-corrected chi connectivity index (χ3v) is 3.22. The van der Waals surface area contributed by atoms with Crippen LogP contribution in [0.25, 0.3) is 0 Å². The molecule has 100 valence electrons. The predicted octanol–water partition coefficient (Wildman–Crippen LogP) is 3.12. The second kappa shape index (κ2) is 6.25. The van der Waals surface area contributed by atoms with Crippen molar-refractivity contribution in [2.24, 2.45) is 0 Å². The minimum Gasteiger partial charge on any atom is -0.508 e. The summed E-state index contributed by atoms with van der Waals surface area (Å²) in [6, 6.07) is 14.7. The number of hydrogen-bond acceptors (Lipinski definition) is 3. The standard InChI is InChI=1S/C16H19NO2/c1-2-17(11-13-7-3-5-9-15(13)18)12-14-8-4-6-10-16(14)19/h3-10,18-19H,2,11-12H2,1H3. The molecule has 2 aromatic rings. The van der Waals surface area contributed by atoms with Gasteiger partial charge < -0.3 is 10.2 Å². The van der Waals surface area contributed by atoms with Crippen molar-refractivity contribution < 1.29 is 10.2 Å². The van der Waals surface area contributed by atoms with Gasteiger partial charge in [0.05, 0.1) is 0 Å². The average molecular weight is 257 g/mol. The van der Waals surface area contributed by atoms with Gasteiger partial charge in [0.15, 0.2) is 0 Å². The molecule has 0 radical (unpaired) electrons. The number of phenolic OH excluding ortho intramolecular Hbond substituents is 2. The van der Waals surface area contributed by atoms with Gasteiger partial charge in [0.2, 0.25) is 0 Å². The van der Waals surface area contributed by atoms with Gasteiger partial charge in [0.25, 0.3) is 0 Å². The molecular weight excluding hydrogens is 238 g/mol. The second-order valence-electron chi connectivity index (χ2n) is 4.56. The van der Waals surface area contributed by atoms with Crippen molar-refractivity contribution in [1.29, 1.82) is 0 Å². The lowest BCUT2D eigenvalue weighted by atomic mass is 10.1. The second-order valence-corrected chi connectivity index (χ2v) is 4.56. The highest BCUT2D eigenvalue weighted by molar-refractivity contribution is 5.33. The predicted molar refractivity (Wildman–Crippen MR) is 76.0 cm³/mol. The maximum Gasteiger partial charge on any atom is 0.120 e. The summed E-state index contributed by atoms with van der Waals surface area (Å²) in [6.07, 6.45) is 0. The Morgan fingerprint density at radius 3 is 1.58 bits per heavy atom. The summed E-state index contributed by atoms with van der Waals surface area (Å²) in [7, 11) is 0. The van der Waals surface area contributed by atoms with E-state index in [1.54, 1.807) is 12.1 Å². The number of phenols is 2. The van der Waals surface area contributed by atoms with Crippen LogP contribution in [0.4, 0.5) is 0 Å². The zero-order chi connectivity index (χ0) is 13.7. The molecule has 3 nitrogen and oxygen atoms in total. The number of hydrogen-bond donors (Lipinski definition) is 2. The van der Waals surface area contributed by atoms with E-state index in [0.29, 0.717) is 24.6 Å². The van der Waals surface area contributed by atoms with Gasteiger partial charge in [-0.1, -0.05) is 43.3 Å². The molecule has 19 heavy (non-hydrogen) atoms. The summed E-state index contributed by atoms with van der Waals surface area (Å²) < 4.78 is 0. The van der Waals surface area contributed by atoms with Crippen LogP contribution in [0.2, 0.25) is 0 Å². The molecule has 0 amide bonds. The van der Waals surface area contributed by atoms with Crippen molar-refractivity contribution in [3.05, 3.63) is 59.7 Å². The molecule has 0 fully saturated rings. The van der Waals surface area contributed by atoms with E-state index < -0.39 is 0 Å². The Balaban J connectivity index is 2.09. The number of benzene rings is 2. The molecule has 0 saturated carbocycles. The van der Waals surface area contributed by atoms with Crippen LogP contribution < -0.4 is 0 Å². The molecule has 2 N–H and O–H groups in total. The Hall–Kier alpha value is -2.00. The number of aromatic hydroxyl groups is 2. The molecule has 2 aromatic carbocycles. The van der Waals surface area contributed by atoms with E-state index in [-0.39, 0.29) is 0 Å². The maximum atomic E-state index is 9.80. The Morgan fingerprint density at radius 2 is 1.21 bits per heavy atom. The minimum absolute atomic E-state index is 0.318. The van der Waals surface area contributed by atoms with Crippen LogP contribution in [-0.2, 0) is 13.1 Å². The molecule has 0 bridgehead atoms. The van der Waals surface area contributed by atoms with Gasteiger partial charge in [0.1, 0.15) is 11.5 Å². The molecular formula is C16H19NO2. The Morgan fingerprint density at radius 1 is 0.789 bits per heavy atom. The van der Waals surface area contributed by atoms with Crippen molar-refractivity contribution in [3.8, 4) is 11.5 Å². The van der Waals surface area contributed by atoms with Crippen LogP contribution in [0.15, 0.2) is 48.5 Å². The van der Waals surface area contributed by atoms with Gasteiger partial charge in [0, 0.05) is 24.2 Å². The molecule has 0 spiro atoms. The van der Waals surface area contributed by atoms with Crippen molar-refractivity contribution in [2.45, 2.75) is 20.0 Å².